The minimum atomic E-state index is 0.380. The van der Waals surface area contributed by atoms with Gasteiger partial charge in [0.2, 0.25) is 0 Å². The van der Waals surface area contributed by atoms with Crippen LogP contribution in [0.4, 0.5) is 0 Å². The van der Waals surface area contributed by atoms with E-state index in [0.717, 1.165) is 11.1 Å². The molecule has 0 aliphatic rings. The third kappa shape index (κ3) is 2.33. The molecule has 6 nitrogen and oxygen atoms in total. The van der Waals surface area contributed by atoms with E-state index in [1.807, 2.05) is 24.3 Å². The highest BCUT2D eigenvalue weighted by molar-refractivity contribution is 5.67. The molecule has 0 spiro atoms. The van der Waals surface area contributed by atoms with Gasteiger partial charge in [0.1, 0.15) is 23.2 Å². The van der Waals surface area contributed by atoms with Crippen molar-refractivity contribution in [1.82, 2.24) is 25.4 Å². The predicted octanol–water partition coefficient (Wildman–Crippen LogP) is 1.87. The van der Waals surface area contributed by atoms with Crippen LogP contribution in [0.5, 0.6) is 0 Å². The topological polar surface area (TPSA) is 88.2 Å². The van der Waals surface area contributed by atoms with Crippen molar-refractivity contribution >= 4 is 0 Å². The smallest absolute Gasteiger partial charge is 0.140 e. The van der Waals surface area contributed by atoms with Gasteiger partial charge < -0.3 is 0 Å². The first-order valence-electron chi connectivity index (χ1n) is 5.84. The van der Waals surface area contributed by atoms with Gasteiger partial charge in [-0.05, 0) is 30.3 Å². The number of hydrogen-bond donors (Lipinski definition) is 0. The normalized spacial score (nSPS) is 9.95. The quantitative estimate of drug-likeness (QED) is 0.698. The van der Waals surface area contributed by atoms with Crippen LogP contribution in [0.3, 0.4) is 0 Å². The summed E-state index contributed by atoms with van der Waals surface area (Å²) in [6.45, 7) is 0. The largest absolute Gasteiger partial charge is 0.245 e. The first-order chi connectivity index (χ1) is 9.86. The van der Waals surface area contributed by atoms with Gasteiger partial charge in [0, 0.05) is 23.5 Å². The molecule has 0 fully saturated rings. The number of aromatic nitrogens is 5. The molecule has 0 amide bonds. The van der Waals surface area contributed by atoms with Gasteiger partial charge in [0.05, 0.1) is 6.20 Å². The summed E-state index contributed by atoms with van der Waals surface area (Å²) in [5.41, 5.74) is 3.40. The second-order valence-electron chi connectivity index (χ2n) is 3.98. The van der Waals surface area contributed by atoms with E-state index in [9.17, 15) is 0 Å². The van der Waals surface area contributed by atoms with E-state index in [-0.39, 0.29) is 0 Å². The number of pyridine rings is 1. The summed E-state index contributed by atoms with van der Waals surface area (Å²) in [5, 5.41) is 24.6. The maximum absolute atomic E-state index is 8.74. The molecule has 0 radical (unpaired) electrons. The summed E-state index contributed by atoms with van der Waals surface area (Å²) in [7, 11) is 0. The number of nitriles is 1. The van der Waals surface area contributed by atoms with Crippen LogP contribution in [-0.4, -0.2) is 25.4 Å². The second kappa shape index (κ2) is 5.20. The van der Waals surface area contributed by atoms with Crippen molar-refractivity contribution in [3.05, 3.63) is 54.6 Å². The van der Waals surface area contributed by atoms with E-state index in [0.29, 0.717) is 17.1 Å². The molecular formula is C14H8N6. The summed E-state index contributed by atoms with van der Waals surface area (Å²) in [6.07, 6.45) is 4.88. The Labute approximate surface area is 114 Å². The molecule has 3 aromatic heterocycles. The van der Waals surface area contributed by atoms with Crippen LogP contribution in [0.1, 0.15) is 5.69 Å². The SMILES string of the molecule is N#Cc1ccc(-c2cnnc(-c3cccnn3)c2)cn1. The van der Waals surface area contributed by atoms with Crippen LogP contribution in [0.25, 0.3) is 22.5 Å². The average Bonchev–Trinajstić information content (AvgIpc) is 2.56. The Morgan fingerprint density at radius 3 is 2.50 bits per heavy atom. The molecule has 6 heteroatoms. The fourth-order valence-corrected chi connectivity index (χ4v) is 1.72. The lowest BCUT2D eigenvalue weighted by Crippen LogP contribution is -1.93. The van der Waals surface area contributed by atoms with E-state index in [2.05, 4.69) is 25.4 Å². The van der Waals surface area contributed by atoms with Gasteiger partial charge in [0.25, 0.3) is 0 Å². The maximum atomic E-state index is 8.74. The van der Waals surface area contributed by atoms with Crippen molar-refractivity contribution in [2.24, 2.45) is 0 Å². The van der Waals surface area contributed by atoms with Gasteiger partial charge in [-0.3, -0.25) is 0 Å². The molecule has 20 heavy (non-hydrogen) atoms. The zero-order chi connectivity index (χ0) is 13.8. The molecule has 0 atom stereocenters. The van der Waals surface area contributed by atoms with Crippen molar-refractivity contribution in [3.8, 4) is 28.6 Å². The lowest BCUT2D eigenvalue weighted by molar-refractivity contribution is 0.990. The van der Waals surface area contributed by atoms with Gasteiger partial charge in [-0.15, -0.1) is 10.2 Å². The second-order valence-corrected chi connectivity index (χ2v) is 3.98. The fourth-order valence-electron chi connectivity index (χ4n) is 1.72. The number of hydrogen-bond acceptors (Lipinski definition) is 6. The van der Waals surface area contributed by atoms with E-state index in [1.165, 1.54) is 0 Å². The summed E-state index contributed by atoms with van der Waals surface area (Å²) in [6, 6.07) is 10.9. The third-order valence-electron chi connectivity index (χ3n) is 2.70. The summed E-state index contributed by atoms with van der Waals surface area (Å²) >= 11 is 0. The molecule has 0 aromatic carbocycles. The van der Waals surface area contributed by atoms with E-state index in [4.69, 9.17) is 5.26 Å². The van der Waals surface area contributed by atoms with Crippen LogP contribution in [0.15, 0.2) is 48.9 Å². The van der Waals surface area contributed by atoms with Crippen LogP contribution >= 0.6 is 0 Å². The maximum Gasteiger partial charge on any atom is 0.140 e. The molecule has 0 saturated carbocycles. The molecule has 3 aromatic rings. The highest BCUT2D eigenvalue weighted by atomic mass is 15.1. The first kappa shape index (κ1) is 11.9. The molecule has 0 aliphatic heterocycles. The average molecular weight is 260 g/mol. The first-order valence-corrected chi connectivity index (χ1v) is 5.84. The molecular weight excluding hydrogens is 252 g/mol. The van der Waals surface area contributed by atoms with Gasteiger partial charge in [0.15, 0.2) is 0 Å². The van der Waals surface area contributed by atoms with Gasteiger partial charge in [-0.2, -0.15) is 15.5 Å². The lowest BCUT2D eigenvalue weighted by Gasteiger charge is -2.02. The van der Waals surface area contributed by atoms with Crippen molar-refractivity contribution in [3.63, 3.8) is 0 Å². The molecule has 0 N–H and O–H groups in total. The summed E-state index contributed by atoms with van der Waals surface area (Å²) in [5.74, 6) is 0. The molecule has 0 unspecified atom stereocenters. The Kier molecular flexibility index (Phi) is 3.08. The van der Waals surface area contributed by atoms with Gasteiger partial charge in [-0.25, -0.2) is 4.98 Å². The van der Waals surface area contributed by atoms with E-state index in [1.54, 1.807) is 30.7 Å². The molecule has 0 aliphatic carbocycles. The Morgan fingerprint density at radius 2 is 1.80 bits per heavy atom. The Bertz CT molecular complexity index is 762. The monoisotopic (exact) mass is 260 g/mol. The minimum Gasteiger partial charge on any atom is -0.245 e. The lowest BCUT2D eigenvalue weighted by atomic mass is 10.1. The Hall–Kier alpha value is -3.20. The van der Waals surface area contributed by atoms with Gasteiger partial charge >= 0.3 is 0 Å². The molecule has 3 rings (SSSR count). The van der Waals surface area contributed by atoms with Gasteiger partial charge in [-0.1, -0.05) is 0 Å². The Balaban J connectivity index is 2.01. The van der Waals surface area contributed by atoms with Crippen molar-refractivity contribution in [1.29, 1.82) is 5.26 Å². The predicted molar refractivity (Wildman–Crippen MR) is 71.0 cm³/mol. The van der Waals surface area contributed by atoms with Crippen LogP contribution < -0.4 is 0 Å². The number of nitrogens with zero attached hydrogens (tertiary/aromatic N) is 6. The Morgan fingerprint density at radius 1 is 0.900 bits per heavy atom. The highest BCUT2D eigenvalue weighted by Crippen LogP contribution is 2.21. The van der Waals surface area contributed by atoms with Crippen LogP contribution in [0, 0.1) is 11.3 Å². The van der Waals surface area contributed by atoms with E-state index < -0.39 is 0 Å². The zero-order valence-corrected chi connectivity index (χ0v) is 10.3. The van der Waals surface area contributed by atoms with Crippen molar-refractivity contribution < 1.29 is 0 Å². The molecule has 0 saturated heterocycles. The van der Waals surface area contributed by atoms with E-state index >= 15 is 0 Å². The standard InChI is InChI=1S/C14H8N6/c15-7-12-4-3-10(8-16-12)11-6-14(20-18-9-11)13-2-1-5-17-19-13/h1-6,8-9H. The molecule has 0 bridgehead atoms. The molecule has 94 valence electrons. The zero-order valence-electron chi connectivity index (χ0n) is 10.3. The van der Waals surface area contributed by atoms with Crippen LogP contribution in [0.2, 0.25) is 0 Å². The summed E-state index contributed by atoms with van der Waals surface area (Å²) < 4.78 is 0. The number of rotatable bonds is 2. The van der Waals surface area contributed by atoms with Crippen molar-refractivity contribution in [2.75, 3.05) is 0 Å². The van der Waals surface area contributed by atoms with Crippen molar-refractivity contribution in [2.45, 2.75) is 0 Å². The highest BCUT2D eigenvalue weighted by Gasteiger charge is 2.05. The minimum absolute atomic E-state index is 0.380. The fraction of sp³-hybridized carbons (Fsp3) is 0. The summed E-state index contributed by atoms with van der Waals surface area (Å²) in [4.78, 5) is 4.04. The molecule has 3 heterocycles. The van der Waals surface area contributed by atoms with Crippen LogP contribution in [-0.2, 0) is 0 Å². The third-order valence-corrected chi connectivity index (χ3v) is 2.70.